The quantitative estimate of drug-likeness (QED) is 0.611. The Hall–Kier alpha value is 0. The van der Waals surface area contributed by atoms with Crippen molar-refractivity contribution < 1.29 is 0 Å². The van der Waals surface area contributed by atoms with Gasteiger partial charge in [0, 0.05) is 0 Å². The lowest BCUT2D eigenvalue weighted by molar-refractivity contribution is 0.0509. The van der Waals surface area contributed by atoms with Crippen molar-refractivity contribution in [1.82, 2.24) is 0 Å². The molecule has 2 saturated carbocycles. The SMILES string of the molecule is CC(C)C(C(C)C)(C1CC1)C1CC1. The topological polar surface area (TPSA) is 0 Å². The van der Waals surface area contributed by atoms with E-state index in [0.717, 1.165) is 29.1 Å². The second-order valence-electron chi connectivity index (χ2n) is 5.86. The van der Waals surface area contributed by atoms with Gasteiger partial charge in [0.1, 0.15) is 0 Å². The van der Waals surface area contributed by atoms with Crippen LogP contribution in [0.1, 0.15) is 53.4 Å². The van der Waals surface area contributed by atoms with E-state index in [2.05, 4.69) is 27.7 Å². The summed E-state index contributed by atoms with van der Waals surface area (Å²) in [5.74, 6) is 3.96. The molecular weight excluding hydrogens is 156 g/mol. The molecule has 13 heavy (non-hydrogen) atoms. The van der Waals surface area contributed by atoms with Gasteiger partial charge in [-0.1, -0.05) is 27.7 Å². The first-order valence-electron chi connectivity index (χ1n) is 6.10. The smallest absolute Gasteiger partial charge is 0.0195 e. The highest BCUT2D eigenvalue weighted by molar-refractivity contribution is 5.05. The van der Waals surface area contributed by atoms with Crippen LogP contribution in [0.2, 0.25) is 0 Å². The lowest BCUT2D eigenvalue weighted by Crippen LogP contribution is -2.37. The summed E-state index contributed by atoms with van der Waals surface area (Å²) in [5.41, 5.74) is 0.722. The van der Waals surface area contributed by atoms with Crippen molar-refractivity contribution in [3.05, 3.63) is 0 Å². The van der Waals surface area contributed by atoms with E-state index in [-0.39, 0.29) is 0 Å². The molecule has 0 heterocycles. The van der Waals surface area contributed by atoms with Crippen LogP contribution in [0.15, 0.2) is 0 Å². The van der Waals surface area contributed by atoms with Crippen molar-refractivity contribution in [2.45, 2.75) is 53.4 Å². The second kappa shape index (κ2) is 3.00. The summed E-state index contributed by atoms with van der Waals surface area (Å²) >= 11 is 0. The first kappa shape index (κ1) is 9.55. The van der Waals surface area contributed by atoms with E-state index in [1.165, 1.54) is 25.7 Å². The Labute approximate surface area is 83.1 Å². The van der Waals surface area contributed by atoms with Crippen molar-refractivity contribution in [2.24, 2.45) is 29.1 Å². The molecule has 0 spiro atoms. The van der Waals surface area contributed by atoms with Gasteiger partial charge >= 0.3 is 0 Å². The molecule has 0 saturated heterocycles. The van der Waals surface area contributed by atoms with Gasteiger partial charge in [0.05, 0.1) is 0 Å². The van der Waals surface area contributed by atoms with Crippen molar-refractivity contribution >= 4 is 0 Å². The predicted molar refractivity (Wildman–Crippen MR) is 57.6 cm³/mol. The van der Waals surface area contributed by atoms with Gasteiger partial charge in [-0.15, -0.1) is 0 Å². The Morgan fingerprint density at radius 2 is 1.08 bits per heavy atom. The maximum Gasteiger partial charge on any atom is -0.0195 e. The molecular formula is C13H24. The van der Waals surface area contributed by atoms with Gasteiger partial charge in [-0.3, -0.25) is 0 Å². The summed E-state index contributed by atoms with van der Waals surface area (Å²) in [6.45, 7) is 9.82. The highest BCUT2D eigenvalue weighted by atomic mass is 14.6. The third kappa shape index (κ3) is 1.33. The largest absolute Gasteiger partial charge is 0.0622 e. The Kier molecular flexibility index (Phi) is 2.20. The molecule has 0 bridgehead atoms. The zero-order chi connectivity index (χ0) is 9.64. The Balaban J connectivity index is 2.23. The van der Waals surface area contributed by atoms with Crippen molar-refractivity contribution in [3.8, 4) is 0 Å². The molecule has 0 aromatic rings. The van der Waals surface area contributed by atoms with Crippen LogP contribution in [0.5, 0.6) is 0 Å². The fraction of sp³-hybridized carbons (Fsp3) is 1.00. The van der Waals surface area contributed by atoms with Crippen LogP contribution in [0.25, 0.3) is 0 Å². The fourth-order valence-corrected chi connectivity index (χ4v) is 4.05. The van der Waals surface area contributed by atoms with E-state index in [0.29, 0.717) is 0 Å². The zero-order valence-corrected chi connectivity index (χ0v) is 9.64. The van der Waals surface area contributed by atoms with Crippen molar-refractivity contribution in [1.29, 1.82) is 0 Å². The molecule has 76 valence electrons. The average molecular weight is 180 g/mol. The van der Waals surface area contributed by atoms with Crippen molar-refractivity contribution in [3.63, 3.8) is 0 Å². The summed E-state index contributed by atoms with van der Waals surface area (Å²) in [4.78, 5) is 0. The summed E-state index contributed by atoms with van der Waals surface area (Å²) in [6.07, 6.45) is 6.08. The predicted octanol–water partition coefficient (Wildman–Crippen LogP) is 4.10. The molecule has 0 aromatic heterocycles. The van der Waals surface area contributed by atoms with Gasteiger partial charge in [0.2, 0.25) is 0 Å². The summed E-state index contributed by atoms with van der Waals surface area (Å²) < 4.78 is 0. The van der Waals surface area contributed by atoms with Gasteiger partial charge in [-0.25, -0.2) is 0 Å². The number of rotatable bonds is 4. The van der Waals surface area contributed by atoms with E-state index in [1.807, 2.05) is 0 Å². The van der Waals surface area contributed by atoms with E-state index in [4.69, 9.17) is 0 Å². The van der Waals surface area contributed by atoms with E-state index in [9.17, 15) is 0 Å². The minimum atomic E-state index is 0.722. The standard InChI is InChI=1S/C13H24/c1-9(2)13(10(3)4,11-5-6-11)12-7-8-12/h9-12H,5-8H2,1-4H3. The molecule has 0 unspecified atom stereocenters. The van der Waals surface area contributed by atoms with Gasteiger partial charge in [0.25, 0.3) is 0 Å². The van der Waals surface area contributed by atoms with Gasteiger partial charge in [0.15, 0.2) is 0 Å². The lowest BCUT2D eigenvalue weighted by atomic mass is 9.62. The molecule has 2 rings (SSSR count). The maximum atomic E-state index is 2.46. The van der Waals surface area contributed by atoms with E-state index >= 15 is 0 Å². The molecule has 0 aliphatic heterocycles. The van der Waals surface area contributed by atoms with Gasteiger partial charge in [-0.05, 0) is 54.8 Å². The normalized spacial score (nSPS) is 24.5. The minimum Gasteiger partial charge on any atom is -0.0622 e. The minimum absolute atomic E-state index is 0.722. The van der Waals surface area contributed by atoms with Crippen LogP contribution in [0, 0.1) is 29.1 Å². The molecule has 2 aliphatic rings. The molecule has 0 amide bonds. The Morgan fingerprint density at radius 3 is 1.23 bits per heavy atom. The van der Waals surface area contributed by atoms with Crippen LogP contribution >= 0.6 is 0 Å². The monoisotopic (exact) mass is 180 g/mol. The molecule has 2 aliphatic carbocycles. The molecule has 0 radical (unpaired) electrons. The van der Waals surface area contributed by atoms with E-state index in [1.54, 1.807) is 0 Å². The van der Waals surface area contributed by atoms with Gasteiger partial charge < -0.3 is 0 Å². The lowest BCUT2D eigenvalue weighted by Gasteiger charge is -2.43. The van der Waals surface area contributed by atoms with Crippen molar-refractivity contribution in [2.75, 3.05) is 0 Å². The van der Waals surface area contributed by atoms with Crippen LogP contribution < -0.4 is 0 Å². The van der Waals surface area contributed by atoms with Crippen LogP contribution in [0.3, 0.4) is 0 Å². The van der Waals surface area contributed by atoms with Crippen LogP contribution in [-0.2, 0) is 0 Å². The molecule has 0 atom stereocenters. The zero-order valence-electron chi connectivity index (χ0n) is 9.64. The molecule has 0 heteroatoms. The maximum absolute atomic E-state index is 2.46. The van der Waals surface area contributed by atoms with Gasteiger partial charge in [-0.2, -0.15) is 0 Å². The second-order valence-corrected chi connectivity index (χ2v) is 5.86. The molecule has 0 aromatic carbocycles. The molecule has 2 fully saturated rings. The summed E-state index contributed by atoms with van der Waals surface area (Å²) in [5, 5.41) is 0. The Morgan fingerprint density at radius 1 is 0.769 bits per heavy atom. The highest BCUT2D eigenvalue weighted by Gasteiger charge is 2.56. The molecule has 0 nitrogen and oxygen atoms in total. The average Bonchev–Trinajstić information content (AvgIpc) is 2.80. The van der Waals surface area contributed by atoms with Crippen LogP contribution in [0.4, 0.5) is 0 Å². The fourth-order valence-electron chi connectivity index (χ4n) is 4.05. The molecule has 0 N–H and O–H groups in total. The first-order chi connectivity index (χ1) is 6.10. The third-order valence-electron chi connectivity index (χ3n) is 4.57. The summed E-state index contributed by atoms with van der Waals surface area (Å²) in [7, 11) is 0. The Bertz CT molecular complexity index is 153. The first-order valence-corrected chi connectivity index (χ1v) is 6.10. The number of hydrogen-bond acceptors (Lipinski definition) is 0. The van der Waals surface area contributed by atoms with Crippen LogP contribution in [-0.4, -0.2) is 0 Å². The number of hydrogen-bond donors (Lipinski definition) is 0. The van der Waals surface area contributed by atoms with E-state index < -0.39 is 0 Å². The third-order valence-corrected chi connectivity index (χ3v) is 4.57. The highest BCUT2D eigenvalue weighted by Crippen LogP contribution is 2.64. The summed E-state index contributed by atoms with van der Waals surface area (Å²) in [6, 6.07) is 0.